The molecule has 64 valence electrons. The summed E-state index contributed by atoms with van der Waals surface area (Å²) < 4.78 is 1.68. The molecule has 1 N–H and O–H groups in total. The van der Waals surface area contributed by atoms with E-state index in [4.69, 9.17) is 0 Å². The maximum atomic E-state index is 4.04. The van der Waals surface area contributed by atoms with Crippen LogP contribution in [0.3, 0.4) is 0 Å². The van der Waals surface area contributed by atoms with Gasteiger partial charge < -0.3 is 5.32 Å². The Labute approximate surface area is 72.4 Å². The van der Waals surface area contributed by atoms with E-state index in [9.17, 15) is 0 Å². The van der Waals surface area contributed by atoms with Crippen LogP contribution < -0.4 is 5.32 Å². The molecule has 0 aliphatic rings. The molecule has 11 heavy (non-hydrogen) atoms. The van der Waals surface area contributed by atoms with Crippen molar-refractivity contribution >= 4 is 18.4 Å². The molecule has 0 radical (unpaired) electrons. The van der Waals surface area contributed by atoms with Gasteiger partial charge in [0, 0.05) is 13.6 Å². The third kappa shape index (κ3) is 3.23. The van der Waals surface area contributed by atoms with Gasteiger partial charge in [0.25, 0.3) is 0 Å². The van der Waals surface area contributed by atoms with Crippen molar-refractivity contribution in [3.63, 3.8) is 0 Å². The van der Waals surface area contributed by atoms with Gasteiger partial charge in [-0.2, -0.15) is 0 Å². The topological polar surface area (TPSA) is 42.7 Å². The van der Waals surface area contributed by atoms with Gasteiger partial charge in [0.1, 0.15) is 6.33 Å². The molecule has 1 aromatic rings. The number of hydrogen-bond acceptors (Lipinski definition) is 3. The number of hydrogen-bond donors (Lipinski definition) is 1. The van der Waals surface area contributed by atoms with Gasteiger partial charge in [-0.1, -0.05) is 6.92 Å². The van der Waals surface area contributed by atoms with Crippen molar-refractivity contribution in [2.45, 2.75) is 13.3 Å². The van der Waals surface area contributed by atoms with E-state index >= 15 is 0 Å². The van der Waals surface area contributed by atoms with Crippen molar-refractivity contribution in [3.05, 3.63) is 6.33 Å². The summed E-state index contributed by atoms with van der Waals surface area (Å²) in [5, 5.41) is 7.11. The maximum absolute atomic E-state index is 4.04. The summed E-state index contributed by atoms with van der Waals surface area (Å²) in [4.78, 5) is 3.99. The SMILES string of the molecule is CCCNc1ncn(C)n1.Cl. The molecule has 1 heterocycles. The van der Waals surface area contributed by atoms with Crippen molar-refractivity contribution in [2.24, 2.45) is 7.05 Å². The first-order chi connectivity index (χ1) is 4.83. The Morgan fingerprint density at radius 3 is 2.82 bits per heavy atom. The van der Waals surface area contributed by atoms with Crippen molar-refractivity contribution in [1.29, 1.82) is 0 Å². The van der Waals surface area contributed by atoms with Crippen LogP contribution in [-0.2, 0) is 7.05 Å². The zero-order valence-corrected chi connectivity index (χ0v) is 7.56. The quantitative estimate of drug-likeness (QED) is 0.749. The molecule has 1 aromatic heterocycles. The molecule has 4 nitrogen and oxygen atoms in total. The average molecular weight is 177 g/mol. The van der Waals surface area contributed by atoms with Crippen LogP contribution in [-0.4, -0.2) is 21.3 Å². The third-order valence-corrected chi connectivity index (χ3v) is 1.13. The van der Waals surface area contributed by atoms with Gasteiger partial charge in [-0.15, -0.1) is 17.5 Å². The molecule has 0 aliphatic carbocycles. The van der Waals surface area contributed by atoms with Crippen LogP contribution in [0.5, 0.6) is 0 Å². The van der Waals surface area contributed by atoms with Gasteiger partial charge in [0.15, 0.2) is 0 Å². The molecule has 0 unspecified atom stereocenters. The Bertz CT molecular complexity index is 198. The number of halogens is 1. The summed E-state index contributed by atoms with van der Waals surface area (Å²) in [6, 6.07) is 0. The Balaban J connectivity index is 0.000001000. The first-order valence-electron chi connectivity index (χ1n) is 3.42. The van der Waals surface area contributed by atoms with E-state index in [2.05, 4.69) is 22.3 Å². The minimum Gasteiger partial charge on any atom is -0.353 e. The summed E-state index contributed by atoms with van der Waals surface area (Å²) in [5.74, 6) is 0.712. The van der Waals surface area contributed by atoms with E-state index in [1.54, 1.807) is 11.0 Å². The standard InChI is InChI=1S/C6H12N4.ClH/c1-3-4-7-6-8-5-10(2)9-6;/h5H,3-4H2,1-2H3,(H,7,9);1H. The fraction of sp³-hybridized carbons (Fsp3) is 0.667. The second-order valence-electron chi connectivity index (χ2n) is 2.17. The van der Waals surface area contributed by atoms with Crippen molar-refractivity contribution in [3.8, 4) is 0 Å². The highest BCUT2D eigenvalue weighted by atomic mass is 35.5. The number of rotatable bonds is 3. The van der Waals surface area contributed by atoms with Crippen LogP contribution in [0, 0.1) is 0 Å². The van der Waals surface area contributed by atoms with Gasteiger partial charge >= 0.3 is 0 Å². The van der Waals surface area contributed by atoms with Crippen molar-refractivity contribution in [2.75, 3.05) is 11.9 Å². The molecule has 0 aromatic carbocycles. The molecule has 5 heteroatoms. The number of aromatic nitrogens is 3. The van der Waals surface area contributed by atoms with Gasteiger partial charge in [0.2, 0.25) is 5.95 Å². The minimum atomic E-state index is 0. The van der Waals surface area contributed by atoms with Crippen LogP contribution in [0.2, 0.25) is 0 Å². The summed E-state index contributed by atoms with van der Waals surface area (Å²) in [6.45, 7) is 3.04. The molecule has 0 aliphatic heterocycles. The zero-order valence-electron chi connectivity index (χ0n) is 6.74. The Morgan fingerprint density at radius 1 is 1.64 bits per heavy atom. The van der Waals surface area contributed by atoms with E-state index < -0.39 is 0 Å². The predicted molar refractivity (Wildman–Crippen MR) is 47.0 cm³/mol. The first kappa shape index (κ1) is 10.2. The smallest absolute Gasteiger partial charge is 0.242 e. The Hall–Kier alpha value is -0.770. The van der Waals surface area contributed by atoms with Crippen LogP contribution in [0.1, 0.15) is 13.3 Å². The van der Waals surface area contributed by atoms with E-state index in [1.807, 2.05) is 7.05 Å². The number of aryl methyl sites for hydroxylation is 1. The summed E-state index contributed by atoms with van der Waals surface area (Å²) in [7, 11) is 1.85. The van der Waals surface area contributed by atoms with Crippen molar-refractivity contribution < 1.29 is 0 Å². The highest BCUT2D eigenvalue weighted by molar-refractivity contribution is 5.85. The van der Waals surface area contributed by atoms with Crippen LogP contribution in [0.4, 0.5) is 5.95 Å². The minimum absolute atomic E-state index is 0. The molecule has 0 saturated heterocycles. The molecule has 0 bridgehead atoms. The lowest BCUT2D eigenvalue weighted by molar-refractivity contribution is 0.765. The fourth-order valence-electron chi connectivity index (χ4n) is 0.657. The lowest BCUT2D eigenvalue weighted by Crippen LogP contribution is -2.01. The summed E-state index contributed by atoms with van der Waals surface area (Å²) in [5.41, 5.74) is 0. The van der Waals surface area contributed by atoms with Crippen molar-refractivity contribution in [1.82, 2.24) is 14.8 Å². The number of anilines is 1. The fourth-order valence-corrected chi connectivity index (χ4v) is 0.657. The molecule has 0 amide bonds. The predicted octanol–water partition coefficient (Wildman–Crippen LogP) is 1.06. The van der Waals surface area contributed by atoms with Crippen LogP contribution in [0.15, 0.2) is 6.33 Å². The maximum Gasteiger partial charge on any atom is 0.242 e. The third-order valence-electron chi connectivity index (χ3n) is 1.13. The van der Waals surface area contributed by atoms with Gasteiger partial charge in [-0.3, -0.25) is 4.68 Å². The second-order valence-corrected chi connectivity index (χ2v) is 2.17. The first-order valence-corrected chi connectivity index (χ1v) is 3.42. The number of nitrogens with one attached hydrogen (secondary N) is 1. The Morgan fingerprint density at radius 2 is 2.36 bits per heavy atom. The monoisotopic (exact) mass is 176 g/mol. The normalized spacial score (nSPS) is 8.91. The average Bonchev–Trinajstić information content (AvgIpc) is 2.31. The highest BCUT2D eigenvalue weighted by Gasteiger charge is 1.93. The largest absolute Gasteiger partial charge is 0.353 e. The lowest BCUT2D eigenvalue weighted by atomic mass is 10.5. The lowest BCUT2D eigenvalue weighted by Gasteiger charge is -1.95. The number of nitrogens with zero attached hydrogens (tertiary/aromatic N) is 3. The van der Waals surface area contributed by atoms with Crippen LogP contribution >= 0.6 is 12.4 Å². The molecular formula is C6H13ClN4. The van der Waals surface area contributed by atoms with E-state index in [1.165, 1.54) is 0 Å². The van der Waals surface area contributed by atoms with Gasteiger partial charge in [-0.05, 0) is 6.42 Å². The molecule has 0 fully saturated rings. The highest BCUT2D eigenvalue weighted by Crippen LogP contribution is 1.93. The summed E-state index contributed by atoms with van der Waals surface area (Å²) >= 11 is 0. The van der Waals surface area contributed by atoms with Gasteiger partial charge in [-0.25, -0.2) is 4.98 Å². The summed E-state index contributed by atoms with van der Waals surface area (Å²) in [6.07, 6.45) is 2.77. The van der Waals surface area contributed by atoms with E-state index in [0.29, 0.717) is 5.95 Å². The Kier molecular flexibility index (Phi) is 4.61. The second kappa shape index (κ2) is 4.96. The van der Waals surface area contributed by atoms with Gasteiger partial charge in [0.05, 0.1) is 0 Å². The molecule has 1 rings (SSSR count). The molecule has 0 saturated carbocycles. The molecule has 0 atom stereocenters. The molecule has 0 spiro atoms. The zero-order chi connectivity index (χ0) is 7.40. The van der Waals surface area contributed by atoms with Crippen LogP contribution in [0.25, 0.3) is 0 Å². The molecular weight excluding hydrogens is 164 g/mol. The van der Waals surface area contributed by atoms with E-state index in [0.717, 1.165) is 13.0 Å². The van der Waals surface area contributed by atoms with E-state index in [-0.39, 0.29) is 12.4 Å².